The van der Waals surface area contributed by atoms with Gasteiger partial charge in [-0.2, -0.15) is 0 Å². The second kappa shape index (κ2) is 14.1. The molecule has 3 nitrogen and oxygen atoms in total. The summed E-state index contributed by atoms with van der Waals surface area (Å²) in [4.78, 5) is 22.6. The molecule has 0 aliphatic heterocycles. The molecule has 0 heterocycles. The summed E-state index contributed by atoms with van der Waals surface area (Å²) in [5.41, 5.74) is 0. The van der Waals surface area contributed by atoms with Gasteiger partial charge in [0.25, 0.3) is 0 Å². The van der Waals surface area contributed by atoms with Crippen LogP contribution < -0.4 is 0 Å². The van der Waals surface area contributed by atoms with Crippen molar-refractivity contribution in [2.75, 3.05) is 0 Å². The first-order valence-corrected chi connectivity index (χ1v) is 8.90. The summed E-state index contributed by atoms with van der Waals surface area (Å²) in [7, 11) is 0. The molecular formula is C18H34O3. The topological polar surface area (TPSA) is 54.4 Å². The zero-order valence-electron chi connectivity index (χ0n) is 14.0. The molecule has 0 aromatic rings. The lowest BCUT2D eigenvalue weighted by Crippen LogP contribution is -2.23. The van der Waals surface area contributed by atoms with E-state index in [1.807, 2.05) is 0 Å². The Hall–Kier alpha value is -0.860. The van der Waals surface area contributed by atoms with Gasteiger partial charge in [0.2, 0.25) is 5.78 Å². The number of hydrogen-bond acceptors (Lipinski definition) is 2. The number of carbonyl (C=O) groups is 2. The molecule has 0 spiro atoms. The summed E-state index contributed by atoms with van der Waals surface area (Å²) in [5, 5.41) is 8.92. The lowest BCUT2D eigenvalue weighted by atomic mass is 9.90. The molecule has 0 aliphatic carbocycles. The number of rotatable bonds is 15. The minimum absolute atomic E-state index is 0.254. The Kier molecular flexibility index (Phi) is 13.5. The highest BCUT2D eigenvalue weighted by atomic mass is 16.4. The molecule has 0 fully saturated rings. The van der Waals surface area contributed by atoms with Crippen molar-refractivity contribution < 1.29 is 14.7 Å². The Morgan fingerprint density at radius 1 is 0.714 bits per heavy atom. The molecule has 0 rings (SSSR count). The molecule has 0 saturated carbocycles. The van der Waals surface area contributed by atoms with Crippen LogP contribution in [0.25, 0.3) is 0 Å². The summed E-state index contributed by atoms with van der Waals surface area (Å²) in [6, 6.07) is 0. The van der Waals surface area contributed by atoms with Crippen molar-refractivity contribution in [1.29, 1.82) is 0 Å². The summed E-state index contributed by atoms with van der Waals surface area (Å²) in [5.74, 6) is -2.08. The van der Waals surface area contributed by atoms with Crippen LogP contribution >= 0.6 is 0 Å². The number of carboxylic acids is 1. The molecule has 0 saturated heterocycles. The number of aliphatic carboxylic acids is 1. The standard InChI is InChI=1S/C18H34O3/c1-3-5-7-9-11-13-15-16(17(19)18(20)21)14-12-10-8-6-4-2/h16H,3-15H2,1-2H3,(H,20,21). The van der Waals surface area contributed by atoms with Crippen LogP contribution in [-0.4, -0.2) is 16.9 Å². The maximum Gasteiger partial charge on any atom is 0.372 e. The van der Waals surface area contributed by atoms with Crippen molar-refractivity contribution in [2.24, 2.45) is 5.92 Å². The third-order valence-electron chi connectivity index (χ3n) is 4.14. The minimum atomic E-state index is -1.25. The number of Topliss-reactive ketones (excluding diaryl/α,β-unsaturated/α-hetero) is 1. The first-order chi connectivity index (χ1) is 10.1. The number of hydrogen-bond donors (Lipinski definition) is 1. The van der Waals surface area contributed by atoms with Gasteiger partial charge in [0.15, 0.2) is 0 Å². The molecular weight excluding hydrogens is 264 g/mol. The Morgan fingerprint density at radius 3 is 1.48 bits per heavy atom. The smallest absolute Gasteiger partial charge is 0.372 e. The average molecular weight is 298 g/mol. The maximum atomic E-state index is 11.7. The highest BCUT2D eigenvalue weighted by Gasteiger charge is 2.23. The molecule has 1 atom stereocenters. The fourth-order valence-electron chi connectivity index (χ4n) is 2.75. The highest BCUT2D eigenvalue weighted by Crippen LogP contribution is 2.20. The third-order valence-corrected chi connectivity index (χ3v) is 4.14. The van der Waals surface area contributed by atoms with Crippen LogP contribution in [0.5, 0.6) is 0 Å². The number of ketones is 1. The molecule has 0 aliphatic rings. The number of carboxylic acid groups (broad SMARTS) is 1. The van der Waals surface area contributed by atoms with Crippen LogP contribution in [0.15, 0.2) is 0 Å². The largest absolute Gasteiger partial charge is 0.475 e. The van der Waals surface area contributed by atoms with E-state index in [1.54, 1.807) is 0 Å². The second-order valence-electron chi connectivity index (χ2n) is 6.13. The normalized spacial score (nSPS) is 12.3. The minimum Gasteiger partial charge on any atom is -0.475 e. The Balaban J connectivity index is 3.92. The van der Waals surface area contributed by atoms with Crippen molar-refractivity contribution in [3.05, 3.63) is 0 Å². The molecule has 0 amide bonds. The van der Waals surface area contributed by atoms with E-state index in [4.69, 9.17) is 5.11 Å². The molecule has 0 aromatic heterocycles. The van der Waals surface area contributed by atoms with E-state index in [2.05, 4.69) is 13.8 Å². The average Bonchev–Trinajstić information content (AvgIpc) is 2.47. The zero-order chi connectivity index (χ0) is 15.9. The zero-order valence-corrected chi connectivity index (χ0v) is 14.0. The Labute approximate surface area is 130 Å². The quantitative estimate of drug-likeness (QED) is 0.327. The van der Waals surface area contributed by atoms with Gasteiger partial charge in [0, 0.05) is 5.92 Å². The summed E-state index contributed by atoms with van der Waals surface area (Å²) < 4.78 is 0. The molecule has 124 valence electrons. The predicted molar refractivity (Wildman–Crippen MR) is 87.5 cm³/mol. The summed E-state index contributed by atoms with van der Waals surface area (Å²) in [6.45, 7) is 4.37. The van der Waals surface area contributed by atoms with Crippen molar-refractivity contribution in [3.63, 3.8) is 0 Å². The molecule has 0 radical (unpaired) electrons. The van der Waals surface area contributed by atoms with Crippen LogP contribution in [0.2, 0.25) is 0 Å². The van der Waals surface area contributed by atoms with Gasteiger partial charge in [-0.15, -0.1) is 0 Å². The predicted octanol–water partition coefficient (Wildman–Crippen LogP) is 5.37. The van der Waals surface area contributed by atoms with Gasteiger partial charge in [-0.25, -0.2) is 4.79 Å². The van der Waals surface area contributed by atoms with Gasteiger partial charge in [-0.1, -0.05) is 84.5 Å². The summed E-state index contributed by atoms with van der Waals surface area (Å²) >= 11 is 0. The molecule has 1 N–H and O–H groups in total. The van der Waals surface area contributed by atoms with Gasteiger partial charge >= 0.3 is 5.97 Å². The van der Waals surface area contributed by atoms with Gasteiger partial charge < -0.3 is 5.11 Å². The fourth-order valence-corrected chi connectivity index (χ4v) is 2.75. The second-order valence-corrected chi connectivity index (χ2v) is 6.13. The van der Waals surface area contributed by atoms with E-state index in [0.29, 0.717) is 0 Å². The maximum absolute atomic E-state index is 11.7. The van der Waals surface area contributed by atoms with E-state index in [1.165, 1.54) is 44.9 Å². The SMILES string of the molecule is CCCCCCCCC(CCCCCCC)C(=O)C(=O)O. The molecule has 1 unspecified atom stereocenters. The summed E-state index contributed by atoms with van der Waals surface area (Å²) in [6.07, 6.45) is 14.3. The van der Waals surface area contributed by atoms with Crippen molar-refractivity contribution >= 4 is 11.8 Å². The van der Waals surface area contributed by atoms with Gasteiger partial charge in [0.1, 0.15) is 0 Å². The monoisotopic (exact) mass is 298 g/mol. The lowest BCUT2D eigenvalue weighted by Gasteiger charge is -2.13. The van der Waals surface area contributed by atoms with Gasteiger partial charge in [-0.05, 0) is 12.8 Å². The van der Waals surface area contributed by atoms with E-state index < -0.39 is 11.8 Å². The van der Waals surface area contributed by atoms with Crippen LogP contribution in [0.3, 0.4) is 0 Å². The molecule has 0 bridgehead atoms. The van der Waals surface area contributed by atoms with E-state index in [9.17, 15) is 9.59 Å². The first kappa shape index (κ1) is 20.1. The fraction of sp³-hybridized carbons (Fsp3) is 0.889. The number of unbranched alkanes of at least 4 members (excludes halogenated alkanes) is 9. The van der Waals surface area contributed by atoms with E-state index in [0.717, 1.165) is 38.5 Å². The Bertz CT molecular complexity index is 274. The van der Waals surface area contributed by atoms with Crippen molar-refractivity contribution in [3.8, 4) is 0 Å². The third kappa shape index (κ3) is 11.5. The first-order valence-electron chi connectivity index (χ1n) is 8.90. The van der Waals surface area contributed by atoms with Crippen LogP contribution in [0.1, 0.15) is 97.3 Å². The van der Waals surface area contributed by atoms with Crippen molar-refractivity contribution in [1.82, 2.24) is 0 Å². The van der Waals surface area contributed by atoms with Gasteiger partial charge in [0.05, 0.1) is 0 Å². The van der Waals surface area contributed by atoms with Crippen LogP contribution in [0.4, 0.5) is 0 Å². The number of carbonyl (C=O) groups excluding carboxylic acids is 1. The molecule has 0 aromatic carbocycles. The highest BCUT2D eigenvalue weighted by molar-refractivity contribution is 6.33. The van der Waals surface area contributed by atoms with Crippen molar-refractivity contribution in [2.45, 2.75) is 97.3 Å². The molecule has 3 heteroatoms. The van der Waals surface area contributed by atoms with Crippen LogP contribution in [-0.2, 0) is 9.59 Å². The van der Waals surface area contributed by atoms with Gasteiger partial charge in [-0.3, -0.25) is 4.79 Å². The van der Waals surface area contributed by atoms with E-state index >= 15 is 0 Å². The van der Waals surface area contributed by atoms with E-state index in [-0.39, 0.29) is 5.92 Å². The molecule has 21 heavy (non-hydrogen) atoms. The lowest BCUT2D eigenvalue weighted by molar-refractivity contribution is -0.151. The Morgan fingerprint density at radius 2 is 1.10 bits per heavy atom. The van der Waals surface area contributed by atoms with Crippen LogP contribution in [0, 0.1) is 5.92 Å².